The number of hydrogen-bond acceptors (Lipinski definition) is 5. The van der Waals surface area contributed by atoms with Gasteiger partial charge in [-0.1, -0.05) is 69.7 Å². The van der Waals surface area contributed by atoms with Gasteiger partial charge in [0, 0.05) is 32.6 Å². The Morgan fingerprint density at radius 2 is 1.56 bits per heavy atom. The Hall–Kier alpha value is -3.19. The van der Waals surface area contributed by atoms with E-state index in [0.29, 0.717) is 54.3 Å². The van der Waals surface area contributed by atoms with Crippen LogP contribution < -0.4 is 10.3 Å². The van der Waals surface area contributed by atoms with Crippen molar-refractivity contribution in [1.29, 1.82) is 0 Å². The summed E-state index contributed by atoms with van der Waals surface area (Å²) >= 11 is 0. The smallest absolute Gasteiger partial charge is 0.266 e. The fraction of sp³-hybridized carbons (Fsp3) is 0.531. The fourth-order valence-corrected chi connectivity index (χ4v) is 5.50. The number of para-hydroxylation sites is 3. The zero-order valence-electron chi connectivity index (χ0n) is 23.9. The van der Waals surface area contributed by atoms with Crippen molar-refractivity contribution in [2.45, 2.75) is 78.2 Å². The molecule has 1 amide bonds. The molecule has 0 spiro atoms. The molecule has 1 unspecified atom stereocenters. The summed E-state index contributed by atoms with van der Waals surface area (Å²) in [5.74, 6) is 1.62. The monoisotopic (exact) mass is 532 g/mol. The first-order valence-electron chi connectivity index (χ1n) is 14.8. The van der Waals surface area contributed by atoms with Crippen molar-refractivity contribution >= 4 is 16.8 Å². The van der Waals surface area contributed by atoms with Gasteiger partial charge in [0.2, 0.25) is 5.91 Å². The number of nitrogens with zero attached hydrogens (tertiary/aromatic N) is 4. The number of hydrogen-bond donors (Lipinski definition) is 0. The van der Waals surface area contributed by atoms with Gasteiger partial charge in [0.1, 0.15) is 11.6 Å². The summed E-state index contributed by atoms with van der Waals surface area (Å²) < 4.78 is 7.62. The summed E-state index contributed by atoms with van der Waals surface area (Å²) in [7, 11) is 0. The number of unbranched alkanes of at least 4 members (excludes halogenated alkanes) is 6. The normalized spacial score (nSPS) is 15.0. The zero-order chi connectivity index (χ0) is 27.6. The van der Waals surface area contributed by atoms with E-state index in [2.05, 4.69) is 18.7 Å². The Kier molecular flexibility index (Phi) is 10.5. The summed E-state index contributed by atoms with van der Waals surface area (Å²) in [6, 6.07) is 15.0. The van der Waals surface area contributed by atoms with Crippen molar-refractivity contribution < 1.29 is 9.53 Å². The summed E-state index contributed by atoms with van der Waals surface area (Å²) in [4.78, 5) is 36.0. The van der Waals surface area contributed by atoms with E-state index in [-0.39, 0.29) is 17.5 Å². The van der Waals surface area contributed by atoms with Crippen molar-refractivity contribution in [1.82, 2.24) is 19.4 Å². The first-order chi connectivity index (χ1) is 19.0. The van der Waals surface area contributed by atoms with Gasteiger partial charge >= 0.3 is 0 Å². The number of ether oxygens (including phenoxy) is 1. The maximum absolute atomic E-state index is 13.8. The maximum atomic E-state index is 13.8. The van der Waals surface area contributed by atoms with Crippen LogP contribution in [-0.2, 0) is 4.79 Å². The molecule has 0 saturated carbocycles. The molecule has 2 aromatic carbocycles. The molecule has 1 aromatic heterocycles. The summed E-state index contributed by atoms with van der Waals surface area (Å²) in [5, 5.41) is 0.584. The molecule has 7 nitrogen and oxygen atoms in total. The Balaban J connectivity index is 1.48. The van der Waals surface area contributed by atoms with Gasteiger partial charge < -0.3 is 9.64 Å². The van der Waals surface area contributed by atoms with E-state index >= 15 is 0 Å². The third-order valence-corrected chi connectivity index (χ3v) is 7.79. The van der Waals surface area contributed by atoms with E-state index in [1.54, 1.807) is 4.57 Å². The molecule has 1 saturated heterocycles. The van der Waals surface area contributed by atoms with Crippen LogP contribution in [0.1, 0.15) is 84.0 Å². The molecule has 0 bridgehead atoms. The average molecular weight is 533 g/mol. The molecule has 4 rings (SSSR count). The van der Waals surface area contributed by atoms with Gasteiger partial charge in [-0.05, 0) is 44.5 Å². The number of piperazine rings is 1. The van der Waals surface area contributed by atoms with E-state index in [9.17, 15) is 9.59 Å². The van der Waals surface area contributed by atoms with Gasteiger partial charge in [-0.2, -0.15) is 0 Å². The minimum absolute atomic E-state index is 0.0990. The highest BCUT2D eigenvalue weighted by molar-refractivity contribution is 5.78. The first-order valence-corrected chi connectivity index (χ1v) is 14.8. The van der Waals surface area contributed by atoms with E-state index in [1.165, 1.54) is 32.1 Å². The van der Waals surface area contributed by atoms with Gasteiger partial charge in [-0.15, -0.1) is 0 Å². The summed E-state index contributed by atoms with van der Waals surface area (Å²) in [5.41, 5.74) is 1.30. The predicted molar refractivity (Wildman–Crippen MR) is 158 cm³/mol. The SMILES string of the molecule is CCCCCCCCCC(=O)N1CCN(C(C)c2nc3ccccc3c(=O)n2-c2ccccc2OCC)CC1. The third kappa shape index (κ3) is 7.07. The van der Waals surface area contributed by atoms with Crippen molar-refractivity contribution in [3.8, 4) is 11.4 Å². The number of carbonyl (C=O) groups excluding carboxylic acids is 1. The topological polar surface area (TPSA) is 67.7 Å². The van der Waals surface area contributed by atoms with E-state index < -0.39 is 0 Å². The predicted octanol–water partition coefficient (Wildman–Crippen LogP) is 6.13. The molecule has 0 N–H and O–H groups in total. The fourth-order valence-electron chi connectivity index (χ4n) is 5.50. The molecular formula is C32H44N4O3. The molecule has 1 atom stereocenters. The van der Waals surface area contributed by atoms with Crippen LogP contribution in [0, 0.1) is 0 Å². The first kappa shape index (κ1) is 28.8. The maximum Gasteiger partial charge on any atom is 0.266 e. The molecule has 39 heavy (non-hydrogen) atoms. The minimum Gasteiger partial charge on any atom is -0.492 e. The number of fused-ring (bicyclic) bond motifs is 1. The van der Waals surface area contributed by atoms with Crippen LogP contribution in [0.3, 0.4) is 0 Å². The molecule has 7 heteroatoms. The lowest BCUT2D eigenvalue weighted by Crippen LogP contribution is -2.49. The second-order valence-corrected chi connectivity index (χ2v) is 10.5. The van der Waals surface area contributed by atoms with Gasteiger partial charge in [0.05, 0.1) is 29.2 Å². The molecule has 0 aliphatic carbocycles. The zero-order valence-corrected chi connectivity index (χ0v) is 23.9. The molecule has 210 valence electrons. The minimum atomic E-state index is -0.114. The Morgan fingerprint density at radius 3 is 2.31 bits per heavy atom. The molecule has 1 fully saturated rings. The third-order valence-electron chi connectivity index (χ3n) is 7.79. The molecule has 0 radical (unpaired) electrons. The van der Waals surface area contributed by atoms with Gasteiger partial charge in [-0.25, -0.2) is 4.98 Å². The molecule has 1 aliphatic rings. The number of benzene rings is 2. The van der Waals surface area contributed by atoms with Crippen molar-refractivity contribution in [3.05, 3.63) is 64.7 Å². The second kappa shape index (κ2) is 14.3. The highest BCUT2D eigenvalue weighted by atomic mass is 16.5. The van der Waals surface area contributed by atoms with Crippen LogP contribution in [-0.4, -0.2) is 58.0 Å². The van der Waals surface area contributed by atoms with Crippen LogP contribution in [0.5, 0.6) is 5.75 Å². The average Bonchev–Trinajstić information content (AvgIpc) is 2.97. The van der Waals surface area contributed by atoms with E-state index in [0.717, 1.165) is 25.9 Å². The largest absolute Gasteiger partial charge is 0.492 e. The summed E-state index contributed by atoms with van der Waals surface area (Å²) in [6.45, 7) is 9.69. The molecular weight excluding hydrogens is 488 g/mol. The number of aromatic nitrogens is 2. The van der Waals surface area contributed by atoms with Crippen LogP contribution in [0.25, 0.3) is 16.6 Å². The quantitative estimate of drug-likeness (QED) is 0.248. The van der Waals surface area contributed by atoms with Crippen LogP contribution in [0.4, 0.5) is 0 Å². The van der Waals surface area contributed by atoms with Crippen LogP contribution >= 0.6 is 0 Å². The number of rotatable bonds is 13. The Bertz CT molecular complexity index is 1280. The van der Waals surface area contributed by atoms with Gasteiger partial charge in [0.25, 0.3) is 5.56 Å². The standard InChI is InChI=1S/C32H44N4O3/c1-4-6-7-8-9-10-11-20-30(37)35-23-21-34(22-24-35)25(3)31-33-27-17-13-12-16-26(27)32(38)36(31)28-18-14-15-19-29(28)39-5-2/h12-19,25H,4-11,20-24H2,1-3H3. The Morgan fingerprint density at radius 1 is 0.897 bits per heavy atom. The molecule has 3 aromatic rings. The van der Waals surface area contributed by atoms with Crippen molar-refractivity contribution in [3.63, 3.8) is 0 Å². The Labute approximate surface area is 232 Å². The van der Waals surface area contributed by atoms with E-state index in [1.807, 2.05) is 60.4 Å². The summed E-state index contributed by atoms with van der Waals surface area (Å²) in [6.07, 6.45) is 9.15. The van der Waals surface area contributed by atoms with Crippen LogP contribution in [0.15, 0.2) is 53.3 Å². The molecule has 1 aliphatic heterocycles. The molecule has 2 heterocycles. The van der Waals surface area contributed by atoms with Gasteiger partial charge in [-0.3, -0.25) is 19.1 Å². The lowest BCUT2D eigenvalue weighted by molar-refractivity contribution is -0.133. The number of amides is 1. The highest BCUT2D eigenvalue weighted by Crippen LogP contribution is 2.28. The van der Waals surface area contributed by atoms with Crippen molar-refractivity contribution in [2.75, 3.05) is 32.8 Å². The second-order valence-electron chi connectivity index (χ2n) is 10.5. The van der Waals surface area contributed by atoms with Gasteiger partial charge in [0.15, 0.2) is 0 Å². The highest BCUT2D eigenvalue weighted by Gasteiger charge is 2.28. The van der Waals surface area contributed by atoms with E-state index in [4.69, 9.17) is 9.72 Å². The van der Waals surface area contributed by atoms with Crippen molar-refractivity contribution in [2.24, 2.45) is 0 Å². The van der Waals surface area contributed by atoms with Crippen LogP contribution in [0.2, 0.25) is 0 Å². The lowest BCUT2D eigenvalue weighted by Gasteiger charge is -2.38. The number of carbonyl (C=O) groups is 1. The lowest BCUT2D eigenvalue weighted by atomic mass is 10.1.